The van der Waals surface area contributed by atoms with E-state index < -0.39 is 0 Å². The summed E-state index contributed by atoms with van der Waals surface area (Å²) in [5.41, 5.74) is 1.03. The Bertz CT molecular complexity index is 668. The third kappa shape index (κ3) is 2.29. The van der Waals surface area contributed by atoms with E-state index in [1.165, 1.54) is 5.71 Å². The Balaban J connectivity index is 1.60. The van der Waals surface area contributed by atoms with Gasteiger partial charge in [-0.1, -0.05) is 6.92 Å². The molecule has 25 heavy (non-hydrogen) atoms. The normalized spacial score (nSPS) is 49.1. The van der Waals surface area contributed by atoms with Crippen molar-refractivity contribution in [3.05, 3.63) is 11.8 Å². The van der Waals surface area contributed by atoms with Gasteiger partial charge in [-0.25, -0.2) is 0 Å². The largest absolute Gasteiger partial charge is 0.513 e. The molecule has 6 atom stereocenters. The van der Waals surface area contributed by atoms with Crippen LogP contribution in [0.5, 0.6) is 0 Å². The summed E-state index contributed by atoms with van der Waals surface area (Å²) in [4.78, 5) is 18.1. The second-order valence-corrected chi connectivity index (χ2v) is 9.27. The molecule has 5 aliphatic rings. The molecular weight excluding hydrogens is 314 g/mol. The molecule has 0 radical (unpaired) electrons. The van der Waals surface area contributed by atoms with Crippen LogP contribution in [0.4, 0.5) is 0 Å². The maximum Gasteiger partial charge on any atom is 0.136 e. The van der Waals surface area contributed by atoms with Crippen LogP contribution >= 0.6 is 0 Å². The van der Waals surface area contributed by atoms with Gasteiger partial charge in [-0.15, -0.1) is 0 Å². The minimum atomic E-state index is -0.146. The third-order valence-corrected chi connectivity index (χ3v) is 7.96. The van der Waals surface area contributed by atoms with Crippen LogP contribution in [0, 0.1) is 23.2 Å². The first-order valence-electron chi connectivity index (χ1n) is 10.2. The molecule has 0 aromatic carbocycles. The molecule has 1 unspecified atom stereocenters. The lowest BCUT2D eigenvalue weighted by Gasteiger charge is -2.43. The summed E-state index contributed by atoms with van der Waals surface area (Å²) in [6.45, 7) is 3.09. The van der Waals surface area contributed by atoms with E-state index in [2.05, 4.69) is 6.92 Å². The van der Waals surface area contributed by atoms with Gasteiger partial charge in [-0.3, -0.25) is 9.79 Å². The van der Waals surface area contributed by atoms with E-state index in [0.717, 1.165) is 51.5 Å². The molecule has 3 fully saturated rings. The van der Waals surface area contributed by atoms with Crippen molar-refractivity contribution in [3.63, 3.8) is 0 Å². The molecule has 136 valence electrons. The number of Topliss-reactive ketones (excluding diaryl/α,β-unsaturated/α-hetero) is 1. The SMILES string of the molecule is CC1CCC(=O)[C@H]2C[C@@]3(CCC4=NCC[C@@]45CC(O)=C[C@H]25)CC[C@@H]1O3. The maximum atomic E-state index is 13.2. The zero-order valence-electron chi connectivity index (χ0n) is 15.2. The third-order valence-electron chi connectivity index (χ3n) is 7.96. The Morgan fingerprint density at radius 2 is 2.12 bits per heavy atom. The molecule has 1 N–H and O–H groups in total. The second kappa shape index (κ2) is 5.42. The summed E-state index contributed by atoms with van der Waals surface area (Å²) in [6, 6.07) is 0. The number of hydrogen-bond acceptors (Lipinski definition) is 4. The number of nitrogens with zero attached hydrogens (tertiary/aromatic N) is 1. The number of aliphatic imine (C=N–C) groups is 1. The van der Waals surface area contributed by atoms with Crippen LogP contribution in [0.15, 0.2) is 16.8 Å². The predicted octanol–water partition coefficient (Wildman–Crippen LogP) is 4.00. The van der Waals surface area contributed by atoms with Crippen LogP contribution in [-0.2, 0) is 9.53 Å². The zero-order chi connectivity index (χ0) is 17.2. The fraction of sp³-hybridized carbons (Fsp3) is 0.810. The quantitative estimate of drug-likeness (QED) is 0.723. The monoisotopic (exact) mass is 343 g/mol. The van der Waals surface area contributed by atoms with Crippen LogP contribution in [0.2, 0.25) is 0 Å². The number of rotatable bonds is 0. The molecule has 2 spiro atoms. The summed E-state index contributed by atoms with van der Waals surface area (Å²) >= 11 is 0. The Labute approximate surface area is 149 Å². The van der Waals surface area contributed by atoms with Crippen molar-refractivity contribution in [1.29, 1.82) is 0 Å². The first kappa shape index (κ1) is 16.0. The number of allylic oxidation sites excluding steroid dienone is 2. The van der Waals surface area contributed by atoms with E-state index in [1.54, 1.807) is 0 Å². The van der Waals surface area contributed by atoms with E-state index in [1.807, 2.05) is 6.08 Å². The second-order valence-electron chi connectivity index (χ2n) is 9.27. The highest BCUT2D eigenvalue weighted by Gasteiger charge is 2.57. The van der Waals surface area contributed by atoms with Gasteiger partial charge >= 0.3 is 0 Å². The van der Waals surface area contributed by atoms with Gasteiger partial charge in [-0.2, -0.15) is 0 Å². The van der Waals surface area contributed by atoms with Gasteiger partial charge in [0.1, 0.15) is 5.78 Å². The fourth-order valence-corrected chi connectivity index (χ4v) is 6.55. The van der Waals surface area contributed by atoms with Crippen molar-refractivity contribution >= 4 is 11.5 Å². The topological polar surface area (TPSA) is 58.9 Å². The van der Waals surface area contributed by atoms with Gasteiger partial charge in [0, 0.05) is 42.3 Å². The Hall–Kier alpha value is -1.16. The molecule has 0 aromatic heterocycles. The average molecular weight is 343 g/mol. The van der Waals surface area contributed by atoms with Crippen LogP contribution in [-0.4, -0.2) is 34.9 Å². The molecule has 2 saturated heterocycles. The molecule has 3 heterocycles. The molecule has 2 aliphatic carbocycles. The Morgan fingerprint density at radius 3 is 3.00 bits per heavy atom. The molecule has 4 heteroatoms. The highest BCUT2D eigenvalue weighted by molar-refractivity contribution is 5.94. The first-order valence-corrected chi connectivity index (χ1v) is 10.2. The van der Waals surface area contributed by atoms with E-state index in [9.17, 15) is 9.90 Å². The van der Waals surface area contributed by atoms with E-state index in [0.29, 0.717) is 36.4 Å². The minimum absolute atomic E-state index is 0.0164. The lowest BCUT2D eigenvalue weighted by molar-refractivity contribution is -0.129. The standard InChI is InChI=1S/C21H29NO3/c1-13-2-3-17(24)15-12-20(6-4-18(13)25-20)7-5-19-21(8-9-22-19)11-14(23)10-16(15)21/h10,13,15-16,18,23H,2-9,11-12H2,1H3/t13?,15-,16+,18-,20-,21-/m0/s1. The molecule has 4 nitrogen and oxygen atoms in total. The molecule has 3 aliphatic heterocycles. The Morgan fingerprint density at radius 1 is 1.24 bits per heavy atom. The van der Waals surface area contributed by atoms with Gasteiger partial charge in [-0.05, 0) is 56.9 Å². The molecule has 0 amide bonds. The number of hydrogen-bond donors (Lipinski definition) is 1. The number of ether oxygens (including phenoxy) is 1. The summed E-state index contributed by atoms with van der Waals surface area (Å²) < 4.78 is 6.67. The van der Waals surface area contributed by atoms with Gasteiger partial charge in [0.25, 0.3) is 0 Å². The fourth-order valence-electron chi connectivity index (χ4n) is 6.55. The zero-order valence-corrected chi connectivity index (χ0v) is 15.2. The minimum Gasteiger partial charge on any atom is -0.513 e. The molecule has 5 rings (SSSR count). The van der Waals surface area contributed by atoms with E-state index in [-0.39, 0.29) is 22.9 Å². The summed E-state index contributed by atoms with van der Waals surface area (Å²) in [5, 5.41) is 10.4. The summed E-state index contributed by atoms with van der Waals surface area (Å²) in [6.07, 6.45) is 10.6. The number of carbonyl (C=O) groups excluding carboxylic acids is 1. The lowest BCUT2D eigenvalue weighted by Crippen LogP contribution is -2.46. The van der Waals surface area contributed by atoms with Crippen molar-refractivity contribution in [2.24, 2.45) is 28.2 Å². The van der Waals surface area contributed by atoms with Crippen molar-refractivity contribution in [1.82, 2.24) is 0 Å². The summed E-state index contributed by atoms with van der Waals surface area (Å²) in [7, 11) is 0. The van der Waals surface area contributed by atoms with Gasteiger partial charge in [0.2, 0.25) is 0 Å². The molecule has 1 saturated carbocycles. The number of aliphatic hydroxyl groups is 1. The number of carbonyl (C=O) groups is 1. The van der Waals surface area contributed by atoms with Gasteiger partial charge in [0.05, 0.1) is 17.5 Å². The van der Waals surface area contributed by atoms with Crippen molar-refractivity contribution < 1.29 is 14.6 Å². The average Bonchev–Trinajstić information content (AvgIpc) is 3.26. The number of aliphatic hydroxyl groups excluding tert-OH is 1. The van der Waals surface area contributed by atoms with Gasteiger partial charge in [0.15, 0.2) is 0 Å². The van der Waals surface area contributed by atoms with Crippen molar-refractivity contribution in [2.45, 2.75) is 76.4 Å². The number of fused-ring (bicyclic) bond motifs is 3. The van der Waals surface area contributed by atoms with Crippen molar-refractivity contribution in [3.8, 4) is 0 Å². The first-order chi connectivity index (χ1) is 12.0. The molecule has 0 aromatic rings. The lowest BCUT2D eigenvalue weighted by atomic mass is 9.60. The van der Waals surface area contributed by atoms with Crippen LogP contribution in [0.3, 0.4) is 0 Å². The summed E-state index contributed by atoms with van der Waals surface area (Å²) in [5.74, 6) is 1.43. The molecular formula is C21H29NO3. The van der Waals surface area contributed by atoms with E-state index >= 15 is 0 Å². The highest BCUT2D eigenvalue weighted by atomic mass is 16.5. The maximum absolute atomic E-state index is 13.2. The van der Waals surface area contributed by atoms with Crippen LogP contribution in [0.25, 0.3) is 0 Å². The smallest absolute Gasteiger partial charge is 0.136 e. The highest BCUT2D eigenvalue weighted by Crippen LogP contribution is 2.57. The Kier molecular flexibility index (Phi) is 3.48. The van der Waals surface area contributed by atoms with Crippen molar-refractivity contribution in [2.75, 3.05) is 6.54 Å². The number of ketones is 1. The molecule has 3 bridgehead atoms. The predicted molar refractivity (Wildman–Crippen MR) is 95.8 cm³/mol. The van der Waals surface area contributed by atoms with Crippen LogP contribution in [0.1, 0.15) is 64.7 Å². The van der Waals surface area contributed by atoms with Gasteiger partial charge < -0.3 is 9.84 Å². The van der Waals surface area contributed by atoms with E-state index in [4.69, 9.17) is 9.73 Å². The van der Waals surface area contributed by atoms with Crippen LogP contribution < -0.4 is 0 Å².